The molecule has 2 heterocycles. The Morgan fingerprint density at radius 1 is 1.50 bits per heavy atom. The number of halogens is 1. The van der Waals surface area contributed by atoms with E-state index in [1.54, 1.807) is 18.3 Å². The first-order valence-corrected chi connectivity index (χ1v) is 6.36. The van der Waals surface area contributed by atoms with E-state index in [0.717, 1.165) is 26.1 Å². The molecule has 0 radical (unpaired) electrons. The van der Waals surface area contributed by atoms with Crippen molar-refractivity contribution >= 4 is 23.4 Å². The van der Waals surface area contributed by atoms with E-state index in [2.05, 4.69) is 15.6 Å². The second kappa shape index (κ2) is 6.56. The highest BCUT2D eigenvalue weighted by molar-refractivity contribution is 6.30. The highest BCUT2D eigenvalue weighted by Crippen LogP contribution is 2.14. The number of pyridine rings is 1. The second-order valence-electron chi connectivity index (χ2n) is 4.25. The first-order valence-electron chi connectivity index (χ1n) is 5.98. The zero-order valence-electron chi connectivity index (χ0n) is 9.99. The summed E-state index contributed by atoms with van der Waals surface area (Å²) in [4.78, 5) is 15.6. The predicted octanol–water partition coefficient (Wildman–Crippen LogP) is 2.28. The molecular weight excluding hydrogens is 254 g/mol. The van der Waals surface area contributed by atoms with Gasteiger partial charge in [-0.15, -0.1) is 0 Å². The normalized spacial score (nSPS) is 16.3. The van der Waals surface area contributed by atoms with E-state index in [1.807, 2.05) is 0 Å². The van der Waals surface area contributed by atoms with Gasteiger partial charge in [0.25, 0.3) is 0 Å². The zero-order chi connectivity index (χ0) is 12.8. The highest BCUT2D eigenvalue weighted by atomic mass is 35.5. The van der Waals surface area contributed by atoms with Crippen LogP contribution >= 0.6 is 11.6 Å². The van der Waals surface area contributed by atoms with Crippen LogP contribution in [-0.2, 0) is 4.74 Å². The number of anilines is 1. The number of hydrogen-bond donors (Lipinski definition) is 2. The maximum atomic E-state index is 11.6. The summed E-state index contributed by atoms with van der Waals surface area (Å²) >= 11 is 5.80. The standard InChI is InChI=1S/C12H16ClN3O2/c13-10-1-4-14-11(7-10)16-12(17)15-8-9-2-5-18-6-3-9/h1,4,7,9H,2-3,5-6,8H2,(H2,14,15,16,17). The molecule has 0 saturated carbocycles. The minimum atomic E-state index is -0.253. The largest absolute Gasteiger partial charge is 0.381 e. The van der Waals surface area contributed by atoms with Gasteiger partial charge in [0.05, 0.1) is 0 Å². The third kappa shape index (κ3) is 4.16. The fourth-order valence-electron chi connectivity index (χ4n) is 1.82. The zero-order valence-corrected chi connectivity index (χ0v) is 10.7. The first-order chi connectivity index (χ1) is 8.74. The number of amides is 2. The SMILES string of the molecule is O=C(NCC1CCOCC1)Nc1cc(Cl)ccn1. The Labute approximate surface area is 111 Å². The van der Waals surface area contributed by atoms with Gasteiger partial charge in [0.1, 0.15) is 5.82 Å². The molecule has 1 aromatic rings. The molecule has 0 atom stereocenters. The Balaban J connectivity index is 1.74. The van der Waals surface area contributed by atoms with E-state index in [0.29, 0.717) is 23.3 Å². The summed E-state index contributed by atoms with van der Waals surface area (Å²) in [5, 5.41) is 6.02. The van der Waals surface area contributed by atoms with Crippen molar-refractivity contribution in [1.82, 2.24) is 10.3 Å². The van der Waals surface area contributed by atoms with Crippen LogP contribution in [-0.4, -0.2) is 30.8 Å². The topological polar surface area (TPSA) is 63.2 Å². The fourth-order valence-corrected chi connectivity index (χ4v) is 1.98. The van der Waals surface area contributed by atoms with Crippen molar-refractivity contribution in [3.63, 3.8) is 0 Å². The molecule has 18 heavy (non-hydrogen) atoms. The molecule has 0 bridgehead atoms. The molecule has 6 heteroatoms. The quantitative estimate of drug-likeness (QED) is 0.885. The van der Waals surface area contributed by atoms with Crippen molar-refractivity contribution in [2.45, 2.75) is 12.8 Å². The lowest BCUT2D eigenvalue weighted by molar-refractivity contribution is 0.0671. The highest BCUT2D eigenvalue weighted by Gasteiger charge is 2.14. The van der Waals surface area contributed by atoms with Gasteiger partial charge in [0.15, 0.2) is 0 Å². The third-order valence-corrected chi connectivity index (χ3v) is 3.09. The van der Waals surface area contributed by atoms with Gasteiger partial charge in [-0.1, -0.05) is 11.6 Å². The van der Waals surface area contributed by atoms with Crippen molar-refractivity contribution in [1.29, 1.82) is 0 Å². The number of aromatic nitrogens is 1. The molecule has 0 aliphatic carbocycles. The van der Waals surface area contributed by atoms with Crippen LogP contribution in [0.15, 0.2) is 18.3 Å². The summed E-state index contributed by atoms with van der Waals surface area (Å²) in [7, 11) is 0. The second-order valence-corrected chi connectivity index (χ2v) is 4.69. The number of rotatable bonds is 3. The number of hydrogen-bond acceptors (Lipinski definition) is 3. The van der Waals surface area contributed by atoms with E-state index in [4.69, 9.17) is 16.3 Å². The molecule has 1 saturated heterocycles. The molecular formula is C12H16ClN3O2. The number of carbonyl (C=O) groups is 1. The van der Waals surface area contributed by atoms with Crippen molar-refractivity contribution in [3.05, 3.63) is 23.4 Å². The van der Waals surface area contributed by atoms with Crippen LogP contribution in [0.5, 0.6) is 0 Å². The van der Waals surface area contributed by atoms with E-state index in [9.17, 15) is 4.79 Å². The lowest BCUT2D eigenvalue weighted by atomic mass is 10.0. The first kappa shape index (κ1) is 13.1. The lowest BCUT2D eigenvalue weighted by Crippen LogP contribution is -2.35. The number of nitrogens with zero attached hydrogens (tertiary/aromatic N) is 1. The molecule has 1 aliphatic heterocycles. The van der Waals surface area contributed by atoms with Crippen molar-refractivity contribution in [2.24, 2.45) is 5.92 Å². The molecule has 5 nitrogen and oxygen atoms in total. The predicted molar refractivity (Wildman–Crippen MR) is 69.8 cm³/mol. The van der Waals surface area contributed by atoms with Crippen LogP contribution < -0.4 is 10.6 Å². The Hall–Kier alpha value is -1.33. The maximum Gasteiger partial charge on any atom is 0.320 e. The van der Waals surface area contributed by atoms with Gasteiger partial charge in [-0.25, -0.2) is 9.78 Å². The Morgan fingerprint density at radius 2 is 2.28 bits per heavy atom. The van der Waals surface area contributed by atoms with Gasteiger partial charge in [-0.05, 0) is 30.9 Å². The number of urea groups is 1. The maximum absolute atomic E-state index is 11.6. The fraction of sp³-hybridized carbons (Fsp3) is 0.500. The van der Waals surface area contributed by atoms with Crippen LogP contribution in [0.25, 0.3) is 0 Å². The van der Waals surface area contributed by atoms with Gasteiger partial charge in [0.2, 0.25) is 0 Å². The summed E-state index contributed by atoms with van der Waals surface area (Å²) in [6.07, 6.45) is 3.54. The Morgan fingerprint density at radius 3 is 3.00 bits per heavy atom. The average Bonchev–Trinajstić information content (AvgIpc) is 2.38. The molecule has 2 rings (SSSR count). The third-order valence-electron chi connectivity index (χ3n) is 2.86. The Kier molecular flexibility index (Phi) is 4.78. The molecule has 2 amide bonds. The van der Waals surface area contributed by atoms with Gasteiger partial charge in [0, 0.05) is 31.0 Å². The van der Waals surface area contributed by atoms with Gasteiger partial charge >= 0.3 is 6.03 Å². The van der Waals surface area contributed by atoms with Crippen molar-refractivity contribution in [2.75, 3.05) is 25.1 Å². The lowest BCUT2D eigenvalue weighted by Gasteiger charge is -2.22. The van der Waals surface area contributed by atoms with Crippen LogP contribution in [0, 0.1) is 5.92 Å². The summed E-state index contributed by atoms with van der Waals surface area (Å²) in [5.41, 5.74) is 0. The van der Waals surface area contributed by atoms with Gasteiger partial charge in [-0.2, -0.15) is 0 Å². The van der Waals surface area contributed by atoms with E-state index >= 15 is 0 Å². The van der Waals surface area contributed by atoms with Gasteiger partial charge < -0.3 is 10.1 Å². The minimum absolute atomic E-state index is 0.253. The van der Waals surface area contributed by atoms with Gasteiger partial charge in [-0.3, -0.25) is 5.32 Å². The number of nitrogens with one attached hydrogen (secondary N) is 2. The molecule has 0 spiro atoms. The van der Waals surface area contributed by atoms with Crippen molar-refractivity contribution in [3.8, 4) is 0 Å². The summed E-state index contributed by atoms with van der Waals surface area (Å²) in [6.45, 7) is 2.23. The number of ether oxygens (including phenoxy) is 1. The molecule has 1 aliphatic rings. The smallest absolute Gasteiger partial charge is 0.320 e. The minimum Gasteiger partial charge on any atom is -0.381 e. The van der Waals surface area contributed by atoms with Crippen LogP contribution in [0.4, 0.5) is 10.6 Å². The van der Waals surface area contributed by atoms with Crippen LogP contribution in [0.2, 0.25) is 5.02 Å². The van der Waals surface area contributed by atoms with E-state index in [-0.39, 0.29) is 6.03 Å². The average molecular weight is 270 g/mol. The molecule has 1 aromatic heterocycles. The van der Waals surface area contributed by atoms with Crippen LogP contribution in [0.1, 0.15) is 12.8 Å². The molecule has 0 unspecified atom stereocenters. The summed E-state index contributed by atoms with van der Waals surface area (Å²) in [6, 6.07) is 3.01. The van der Waals surface area contributed by atoms with E-state index in [1.165, 1.54) is 0 Å². The number of carbonyl (C=O) groups excluding carboxylic acids is 1. The molecule has 98 valence electrons. The van der Waals surface area contributed by atoms with E-state index < -0.39 is 0 Å². The molecule has 2 N–H and O–H groups in total. The molecule has 1 fully saturated rings. The molecule has 0 aromatic carbocycles. The summed E-state index contributed by atoms with van der Waals surface area (Å²) < 4.78 is 5.26. The monoisotopic (exact) mass is 269 g/mol. The summed E-state index contributed by atoms with van der Waals surface area (Å²) in [5.74, 6) is 0.948. The Bertz CT molecular complexity index is 408. The van der Waals surface area contributed by atoms with Crippen LogP contribution in [0.3, 0.4) is 0 Å². The van der Waals surface area contributed by atoms with Crippen molar-refractivity contribution < 1.29 is 9.53 Å².